The Kier molecular flexibility index (Phi) is 4.88. The van der Waals surface area contributed by atoms with E-state index in [4.69, 9.17) is 0 Å². The standard InChI is InChI=1S/C18H15BrN2OS/c1-2-21(17(22)14-10-6-7-11-15(14)19)18-20-16(12-23-18)13-8-4-3-5-9-13/h3-12H,2H2,1H3. The highest BCUT2D eigenvalue weighted by Crippen LogP contribution is 2.29. The molecule has 5 heteroatoms. The van der Waals surface area contributed by atoms with E-state index in [2.05, 4.69) is 20.9 Å². The first kappa shape index (κ1) is 15.9. The maximum Gasteiger partial charge on any atom is 0.261 e. The van der Waals surface area contributed by atoms with E-state index in [-0.39, 0.29) is 5.91 Å². The second kappa shape index (κ2) is 7.06. The molecular formula is C18H15BrN2OS. The average molecular weight is 387 g/mol. The zero-order valence-electron chi connectivity index (χ0n) is 12.6. The van der Waals surface area contributed by atoms with Crippen LogP contribution in [-0.2, 0) is 0 Å². The number of carbonyl (C=O) groups is 1. The van der Waals surface area contributed by atoms with Gasteiger partial charge in [0.25, 0.3) is 5.91 Å². The van der Waals surface area contributed by atoms with E-state index in [0.717, 1.165) is 15.7 Å². The molecule has 0 N–H and O–H groups in total. The fraction of sp³-hybridized carbons (Fsp3) is 0.111. The average Bonchev–Trinajstić information content (AvgIpc) is 3.06. The molecule has 1 heterocycles. The minimum atomic E-state index is -0.0473. The van der Waals surface area contributed by atoms with Gasteiger partial charge >= 0.3 is 0 Å². The van der Waals surface area contributed by atoms with Gasteiger partial charge in [0.05, 0.1) is 11.3 Å². The van der Waals surface area contributed by atoms with Gasteiger partial charge < -0.3 is 0 Å². The monoisotopic (exact) mass is 386 g/mol. The maximum atomic E-state index is 12.8. The summed E-state index contributed by atoms with van der Waals surface area (Å²) in [6.07, 6.45) is 0. The molecule has 0 aliphatic rings. The van der Waals surface area contributed by atoms with Gasteiger partial charge in [0, 0.05) is 22.0 Å². The maximum absolute atomic E-state index is 12.8. The third-order valence-electron chi connectivity index (χ3n) is 3.46. The summed E-state index contributed by atoms with van der Waals surface area (Å²) in [6, 6.07) is 17.4. The van der Waals surface area contributed by atoms with Crippen LogP contribution in [0.15, 0.2) is 64.5 Å². The summed E-state index contributed by atoms with van der Waals surface area (Å²) >= 11 is 4.93. The number of benzene rings is 2. The Morgan fingerprint density at radius 3 is 2.52 bits per heavy atom. The van der Waals surface area contributed by atoms with Gasteiger partial charge in [-0.2, -0.15) is 0 Å². The van der Waals surface area contributed by atoms with E-state index in [1.54, 1.807) is 4.90 Å². The Bertz CT molecular complexity index is 817. The van der Waals surface area contributed by atoms with Gasteiger partial charge in [-0.25, -0.2) is 4.98 Å². The van der Waals surface area contributed by atoms with Crippen molar-refractivity contribution in [3.8, 4) is 11.3 Å². The summed E-state index contributed by atoms with van der Waals surface area (Å²) in [6.45, 7) is 2.53. The zero-order valence-corrected chi connectivity index (χ0v) is 15.0. The second-order valence-corrected chi connectivity index (χ2v) is 6.60. The lowest BCUT2D eigenvalue weighted by molar-refractivity contribution is 0.0987. The van der Waals surface area contributed by atoms with Gasteiger partial charge in [-0.1, -0.05) is 42.5 Å². The van der Waals surface area contributed by atoms with Gasteiger partial charge in [0.2, 0.25) is 0 Å². The van der Waals surface area contributed by atoms with Crippen molar-refractivity contribution in [3.05, 3.63) is 70.0 Å². The molecule has 0 atom stereocenters. The van der Waals surface area contributed by atoms with Gasteiger partial charge in [-0.05, 0) is 35.0 Å². The molecule has 0 spiro atoms. The molecule has 1 aromatic heterocycles. The van der Waals surface area contributed by atoms with Crippen LogP contribution in [0.2, 0.25) is 0 Å². The molecule has 3 aromatic rings. The molecule has 23 heavy (non-hydrogen) atoms. The van der Waals surface area contributed by atoms with Crippen molar-refractivity contribution in [1.82, 2.24) is 4.98 Å². The van der Waals surface area contributed by atoms with Crippen molar-refractivity contribution in [2.75, 3.05) is 11.4 Å². The Morgan fingerprint density at radius 2 is 1.83 bits per heavy atom. The van der Waals surface area contributed by atoms with E-state index >= 15 is 0 Å². The van der Waals surface area contributed by atoms with Crippen molar-refractivity contribution in [3.63, 3.8) is 0 Å². The highest BCUT2D eigenvalue weighted by atomic mass is 79.9. The van der Waals surface area contributed by atoms with Gasteiger partial charge in [0.1, 0.15) is 0 Å². The lowest BCUT2D eigenvalue weighted by Crippen LogP contribution is -2.30. The third-order valence-corrected chi connectivity index (χ3v) is 5.01. The summed E-state index contributed by atoms with van der Waals surface area (Å²) in [4.78, 5) is 19.1. The van der Waals surface area contributed by atoms with Crippen LogP contribution in [0.3, 0.4) is 0 Å². The van der Waals surface area contributed by atoms with Crippen LogP contribution in [0.25, 0.3) is 11.3 Å². The molecule has 1 amide bonds. The molecule has 0 aliphatic carbocycles. The third kappa shape index (κ3) is 3.35. The fourth-order valence-corrected chi connectivity index (χ4v) is 3.63. The number of halogens is 1. The SMILES string of the molecule is CCN(C(=O)c1ccccc1Br)c1nc(-c2ccccc2)cs1. The van der Waals surface area contributed by atoms with Gasteiger partial charge in [-0.3, -0.25) is 9.69 Å². The highest BCUT2D eigenvalue weighted by molar-refractivity contribution is 9.10. The minimum Gasteiger partial charge on any atom is -0.284 e. The van der Waals surface area contributed by atoms with Crippen LogP contribution in [-0.4, -0.2) is 17.4 Å². The van der Waals surface area contributed by atoms with Crippen molar-refractivity contribution in [2.24, 2.45) is 0 Å². The van der Waals surface area contributed by atoms with Crippen LogP contribution in [0.4, 0.5) is 5.13 Å². The van der Waals surface area contributed by atoms with E-state index in [0.29, 0.717) is 17.2 Å². The number of amides is 1. The van der Waals surface area contributed by atoms with Crippen LogP contribution in [0, 0.1) is 0 Å². The summed E-state index contributed by atoms with van der Waals surface area (Å²) in [5.74, 6) is -0.0473. The normalized spacial score (nSPS) is 10.5. The number of carbonyl (C=O) groups excluding carboxylic acids is 1. The molecule has 2 aromatic carbocycles. The lowest BCUT2D eigenvalue weighted by atomic mass is 10.2. The number of anilines is 1. The van der Waals surface area contributed by atoms with E-state index in [9.17, 15) is 4.79 Å². The Labute approximate surface area is 147 Å². The van der Waals surface area contributed by atoms with Crippen LogP contribution >= 0.6 is 27.3 Å². The largest absolute Gasteiger partial charge is 0.284 e. The minimum absolute atomic E-state index is 0.0473. The van der Waals surface area contributed by atoms with Gasteiger partial charge in [-0.15, -0.1) is 11.3 Å². The Morgan fingerprint density at radius 1 is 1.13 bits per heavy atom. The zero-order chi connectivity index (χ0) is 16.2. The molecule has 0 aliphatic heterocycles. The first-order valence-electron chi connectivity index (χ1n) is 7.28. The van der Waals surface area contributed by atoms with Gasteiger partial charge in [0.15, 0.2) is 5.13 Å². The number of aromatic nitrogens is 1. The molecule has 0 fully saturated rings. The molecule has 0 saturated heterocycles. The second-order valence-electron chi connectivity index (χ2n) is 4.91. The number of thiazole rings is 1. The summed E-state index contributed by atoms with van der Waals surface area (Å²) < 4.78 is 0.795. The molecule has 116 valence electrons. The van der Waals surface area contributed by atoms with Crippen molar-refractivity contribution >= 4 is 38.3 Å². The Hall–Kier alpha value is -1.98. The molecular weight excluding hydrogens is 372 g/mol. The topological polar surface area (TPSA) is 33.2 Å². The summed E-state index contributed by atoms with van der Waals surface area (Å²) in [5, 5.41) is 2.70. The van der Waals surface area contributed by atoms with Crippen molar-refractivity contribution < 1.29 is 4.79 Å². The molecule has 0 unspecified atom stereocenters. The fourth-order valence-electron chi connectivity index (χ4n) is 2.28. The van der Waals surface area contributed by atoms with E-state index in [1.807, 2.05) is 66.9 Å². The van der Waals surface area contributed by atoms with E-state index in [1.165, 1.54) is 11.3 Å². The predicted octanol–water partition coefficient (Wildman–Crippen LogP) is 5.24. The molecule has 0 saturated carbocycles. The lowest BCUT2D eigenvalue weighted by Gasteiger charge is -2.18. The summed E-state index contributed by atoms with van der Waals surface area (Å²) in [5.41, 5.74) is 2.59. The molecule has 0 bridgehead atoms. The molecule has 0 radical (unpaired) electrons. The predicted molar refractivity (Wildman–Crippen MR) is 99.0 cm³/mol. The first-order valence-corrected chi connectivity index (χ1v) is 8.95. The van der Waals surface area contributed by atoms with Crippen LogP contribution in [0.1, 0.15) is 17.3 Å². The molecule has 3 nitrogen and oxygen atoms in total. The first-order chi connectivity index (χ1) is 11.2. The quantitative estimate of drug-likeness (QED) is 0.614. The summed E-state index contributed by atoms with van der Waals surface area (Å²) in [7, 11) is 0. The van der Waals surface area contributed by atoms with Crippen LogP contribution in [0.5, 0.6) is 0 Å². The number of rotatable bonds is 4. The highest BCUT2D eigenvalue weighted by Gasteiger charge is 2.21. The number of hydrogen-bond donors (Lipinski definition) is 0. The number of hydrogen-bond acceptors (Lipinski definition) is 3. The number of nitrogens with zero attached hydrogens (tertiary/aromatic N) is 2. The van der Waals surface area contributed by atoms with Crippen LogP contribution < -0.4 is 4.90 Å². The van der Waals surface area contributed by atoms with E-state index < -0.39 is 0 Å². The Balaban J connectivity index is 1.92. The van der Waals surface area contributed by atoms with Crippen molar-refractivity contribution in [1.29, 1.82) is 0 Å². The molecule has 3 rings (SSSR count). The smallest absolute Gasteiger partial charge is 0.261 e. The van der Waals surface area contributed by atoms with Crippen molar-refractivity contribution in [2.45, 2.75) is 6.92 Å².